The van der Waals surface area contributed by atoms with Crippen LogP contribution in [0.4, 0.5) is 5.69 Å². The highest BCUT2D eigenvalue weighted by atomic mass is 16.5. The van der Waals surface area contributed by atoms with Crippen LogP contribution in [-0.2, 0) is 9.53 Å². The summed E-state index contributed by atoms with van der Waals surface area (Å²) in [7, 11) is 0. The number of carbonyl (C=O) groups excluding carboxylic acids is 3. The SMILES string of the molecule is C[C@H](OC(=O)c1ccccc1NC(=O)c1ccco1)C(=O)NC1CC1. The average Bonchev–Trinajstić information content (AvgIpc) is 3.24. The number of ether oxygens (including phenoxy) is 1. The van der Waals surface area contributed by atoms with Gasteiger partial charge in [-0.2, -0.15) is 0 Å². The fourth-order valence-electron chi connectivity index (χ4n) is 2.19. The molecule has 1 atom stereocenters. The van der Waals surface area contributed by atoms with Crippen molar-refractivity contribution in [3.05, 3.63) is 54.0 Å². The molecule has 1 aromatic carbocycles. The molecule has 1 fully saturated rings. The summed E-state index contributed by atoms with van der Waals surface area (Å²) in [5.41, 5.74) is 0.442. The number of amides is 2. The Kier molecular flexibility index (Phi) is 4.83. The molecule has 130 valence electrons. The first kappa shape index (κ1) is 16.8. The minimum absolute atomic E-state index is 0.125. The Morgan fingerprint density at radius 1 is 1.16 bits per heavy atom. The number of para-hydroxylation sites is 1. The van der Waals surface area contributed by atoms with Crippen LogP contribution in [0.15, 0.2) is 47.1 Å². The largest absolute Gasteiger partial charge is 0.459 e. The van der Waals surface area contributed by atoms with Gasteiger partial charge in [-0.1, -0.05) is 12.1 Å². The van der Waals surface area contributed by atoms with Gasteiger partial charge in [0.05, 0.1) is 17.5 Å². The third-order valence-corrected chi connectivity index (χ3v) is 3.72. The van der Waals surface area contributed by atoms with Gasteiger partial charge in [-0.05, 0) is 44.0 Å². The highest BCUT2D eigenvalue weighted by molar-refractivity contribution is 6.06. The van der Waals surface area contributed by atoms with E-state index in [1.165, 1.54) is 25.3 Å². The number of benzene rings is 1. The van der Waals surface area contributed by atoms with E-state index in [0.717, 1.165) is 12.8 Å². The molecular weight excluding hydrogens is 324 g/mol. The second-order valence-electron chi connectivity index (χ2n) is 5.81. The minimum atomic E-state index is -0.915. The zero-order valence-corrected chi connectivity index (χ0v) is 13.7. The van der Waals surface area contributed by atoms with Gasteiger partial charge >= 0.3 is 5.97 Å². The van der Waals surface area contributed by atoms with Gasteiger partial charge in [0.1, 0.15) is 0 Å². The maximum atomic E-state index is 12.4. The van der Waals surface area contributed by atoms with Crippen LogP contribution in [0.5, 0.6) is 0 Å². The first-order valence-electron chi connectivity index (χ1n) is 8.00. The van der Waals surface area contributed by atoms with Gasteiger partial charge in [0.2, 0.25) is 0 Å². The van der Waals surface area contributed by atoms with Crippen molar-refractivity contribution in [1.82, 2.24) is 5.32 Å². The van der Waals surface area contributed by atoms with Crippen molar-refractivity contribution in [3.63, 3.8) is 0 Å². The standard InChI is InChI=1S/C18H18N2O5/c1-11(16(21)19-12-8-9-12)25-18(23)13-5-2-3-6-14(13)20-17(22)15-7-4-10-24-15/h2-7,10-12H,8-9H2,1H3,(H,19,21)(H,20,22)/t11-/m0/s1. The van der Waals surface area contributed by atoms with Crippen molar-refractivity contribution in [2.24, 2.45) is 0 Å². The van der Waals surface area contributed by atoms with Crippen LogP contribution in [0.25, 0.3) is 0 Å². The van der Waals surface area contributed by atoms with E-state index in [1.54, 1.807) is 24.3 Å². The lowest BCUT2D eigenvalue weighted by Gasteiger charge is -2.15. The molecule has 25 heavy (non-hydrogen) atoms. The van der Waals surface area contributed by atoms with Crippen LogP contribution in [0.2, 0.25) is 0 Å². The van der Waals surface area contributed by atoms with Crippen molar-refractivity contribution < 1.29 is 23.5 Å². The number of anilines is 1. The second kappa shape index (κ2) is 7.21. The molecule has 2 amide bonds. The number of hydrogen-bond donors (Lipinski definition) is 2. The summed E-state index contributed by atoms with van der Waals surface area (Å²) < 4.78 is 10.2. The predicted molar refractivity (Wildman–Crippen MR) is 89.1 cm³/mol. The average molecular weight is 342 g/mol. The molecule has 0 saturated heterocycles. The third kappa shape index (κ3) is 4.26. The Labute approximate surface area is 144 Å². The molecule has 0 radical (unpaired) electrons. The predicted octanol–water partition coefficient (Wildman–Crippen LogP) is 2.36. The van der Waals surface area contributed by atoms with E-state index in [0.29, 0.717) is 0 Å². The molecule has 2 N–H and O–H groups in total. The molecular formula is C18H18N2O5. The van der Waals surface area contributed by atoms with Gasteiger partial charge in [-0.3, -0.25) is 9.59 Å². The van der Waals surface area contributed by atoms with Crippen molar-refractivity contribution in [2.45, 2.75) is 31.9 Å². The zero-order chi connectivity index (χ0) is 17.8. The maximum absolute atomic E-state index is 12.4. The highest BCUT2D eigenvalue weighted by Gasteiger charge is 2.28. The second-order valence-corrected chi connectivity index (χ2v) is 5.81. The quantitative estimate of drug-likeness (QED) is 0.785. The van der Waals surface area contributed by atoms with Gasteiger partial charge in [0.25, 0.3) is 11.8 Å². The first-order valence-corrected chi connectivity index (χ1v) is 8.00. The monoisotopic (exact) mass is 342 g/mol. The zero-order valence-electron chi connectivity index (χ0n) is 13.7. The number of carbonyl (C=O) groups is 3. The number of hydrogen-bond acceptors (Lipinski definition) is 5. The van der Waals surface area contributed by atoms with E-state index in [9.17, 15) is 14.4 Å². The van der Waals surface area contributed by atoms with Crippen molar-refractivity contribution in [1.29, 1.82) is 0 Å². The van der Waals surface area contributed by atoms with E-state index in [-0.39, 0.29) is 29.0 Å². The number of nitrogens with one attached hydrogen (secondary N) is 2. The van der Waals surface area contributed by atoms with Crippen molar-refractivity contribution >= 4 is 23.5 Å². The third-order valence-electron chi connectivity index (χ3n) is 3.72. The van der Waals surface area contributed by atoms with E-state index in [1.807, 2.05) is 0 Å². The van der Waals surface area contributed by atoms with Gasteiger partial charge in [-0.15, -0.1) is 0 Å². The Morgan fingerprint density at radius 3 is 2.60 bits per heavy atom. The normalized spacial score (nSPS) is 14.4. The fraction of sp³-hybridized carbons (Fsp3) is 0.278. The molecule has 7 heteroatoms. The Morgan fingerprint density at radius 2 is 1.92 bits per heavy atom. The highest BCUT2D eigenvalue weighted by Crippen LogP contribution is 2.20. The molecule has 1 saturated carbocycles. The van der Waals surface area contributed by atoms with Gasteiger partial charge in [0, 0.05) is 6.04 Å². The van der Waals surface area contributed by atoms with E-state index < -0.39 is 18.0 Å². The minimum Gasteiger partial charge on any atom is -0.459 e. The summed E-state index contributed by atoms with van der Waals surface area (Å²) in [6.07, 6.45) is 2.37. The Balaban J connectivity index is 1.67. The summed E-state index contributed by atoms with van der Waals surface area (Å²) in [6, 6.07) is 9.72. The summed E-state index contributed by atoms with van der Waals surface area (Å²) in [5.74, 6) is -1.37. The van der Waals surface area contributed by atoms with E-state index in [2.05, 4.69) is 10.6 Å². The smallest absolute Gasteiger partial charge is 0.341 e. The Bertz CT molecular complexity index is 781. The molecule has 0 unspecified atom stereocenters. The lowest BCUT2D eigenvalue weighted by Crippen LogP contribution is -2.37. The molecule has 1 aliphatic rings. The molecule has 7 nitrogen and oxygen atoms in total. The van der Waals surface area contributed by atoms with Crippen LogP contribution in [0.3, 0.4) is 0 Å². The van der Waals surface area contributed by atoms with Crippen LogP contribution in [-0.4, -0.2) is 29.9 Å². The number of rotatable bonds is 6. The fourth-order valence-corrected chi connectivity index (χ4v) is 2.19. The molecule has 1 aromatic heterocycles. The van der Waals surface area contributed by atoms with E-state index >= 15 is 0 Å². The Hall–Kier alpha value is -3.09. The van der Waals surface area contributed by atoms with Crippen molar-refractivity contribution in [2.75, 3.05) is 5.32 Å². The summed E-state index contributed by atoms with van der Waals surface area (Å²) in [4.78, 5) is 36.4. The summed E-state index contributed by atoms with van der Waals surface area (Å²) in [5, 5.41) is 5.38. The number of esters is 1. The first-order chi connectivity index (χ1) is 12.0. The number of furan rings is 1. The van der Waals surface area contributed by atoms with Crippen LogP contribution < -0.4 is 10.6 Å². The lowest BCUT2D eigenvalue weighted by molar-refractivity contribution is -0.129. The maximum Gasteiger partial charge on any atom is 0.341 e. The van der Waals surface area contributed by atoms with Crippen molar-refractivity contribution in [3.8, 4) is 0 Å². The van der Waals surface area contributed by atoms with E-state index in [4.69, 9.17) is 9.15 Å². The molecule has 0 aliphatic heterocycles. The molecule has 0 bridgehead atoms. The van der Waals surface area contributed by atoms with Crippen LogP contribution in [0, 0.1) is 0 Å². The topological polar surface area (TPSA) is 97.6 Å². The summed E-state index contributed by atoms with van der Waals surface area (Å²) in [6.45, 7) is 1.51. The van der Waals surface area contributed by atoms with Gasteiger partial charge < -0.3 is 19.8 Å². The molecule has 1 aliphatic carbocycles. The molecule has 2 aromatic rings. The summed E-state index contributed by atoms with van der Waals surface area (Å²) >= 11 is 0. The molecule has 0 spiro atoms. The van der Waals surface area contributed by atoms with Crippen LogP contribution in [0.1, 0.15) is 40.7 Å². The van der Waals surface area contributed by atoms with Crippen LogP contribution >= 0.6 is 0 Å². The molecule has 3 rings (SSSR count). The molecule has 1 heterocycles. The van der Waals surface area contributed by atoms with Gasteiger partial charge in [0.15, 0.2) is 11.9 Å². The van der Waals surface area contributed by atoms with Gasteiger partial charge in [-0.25, -0.2) is 4.79 Å². The lowest BCUT2D eigenvalue weighted by atomic mass is 10.1.